The summed E-state index contributed by atoms with van der Waals surface area (Å²) in [5.74, 6) is 0.685. The molecule has 0 aromatic heterocycles. The van der Waals surface area contributed by atoms with Crippen LogP contribution in [0.3, 0.4) is 0 Å². The highest BCUT2D eigenvalue weighted by Gasteiger charge is 2.12. The maximum absolute atomic E-state index is 9.51. The molecule has 0 saturated carbocycles. The highest BCUT2D eigenvalue weighted by atomic mass is 16.5. The first-order valence-corrected chi connectivity index (χ1v) is 4.60. The first kappa shape index (κ1) is 11.0. The number of methoxy groups -OCH3 is 1. The minimum absolute atomic E-state index is 0.578. The lowest BCUT2D eigenvalue weighted by Gasteiger charge is -2.15. The van der Waals surface area contributed by atoms with Crippen LogP contribution >= 0.6 is 0 Å². The average Bonchev–Trinajstić information content (AvgIpc) is 2.16. The molecule has 3 nitrogen and oxygen atoms in total. The number of aliphatic hydroxyl groups excluding tert-OH is 2. The molecule has 78 valence electrons. The van der Waals surface area contributed by atoms with Crippen molar-refractivity contribution in [2.45, 2.75) is 26.1 Å². The van der Waals surface area contributed by atoms with E-state index in [1.165, 1.54) is 0 Å². The van der Waals surface area contributed by atoms with E-state index in [2.05, 4.69) is 0 Å². The predicted octanol–water partition coefficient (Wildman–Crippen LogP) is 1.80. The average molecular weight is 196 g/mol. The molecule has 0 spiro atoms. The molecule has 0 saturated heterocycles. The molecule has 1 rings (SSSR count). The van der Waals surface area contributed by atoms with Gasteiger partial charge in [-0.2, -0.15) is 0 Å². The highest BCUT2D eigenvalue weighted by Crippen LogP contribution is 2.27. The quantitative estimate of drug-likeness (QED) is 0.775. The van der Waals surface area contributed by atoms with Crippen molar-refractivity contribution in [1.82, 2.24) is 0 Å². The molecule has 0 radical (unpaired) electrons. The molecule has 0 heterocycles. The zero-order chi connectivity index (χ0) is 10.7. The van der Waals surface area contributed by atoms with Gasteiger partial charge in [0.2, 0.25) is 0 Å². The van der Waals surface area contributed by atoms with Crippen LogP contribution in [0.4, 0.5) is 0 Å². The third-order valence-corrected chi connectivity index (χ3v) is 2.19. The summed E-state index contributed by atoms with van der Waals surface area (Å²) in [5, 5.41) is 19.0. The van der Waals surface area contributed by atoms with Crippen LogP contribution < -0.4 is 4.74 Å². The predicted molar refractivity (Wildman–Crippen MR) is 54.3 cm³/mol. The van der Waals surface area contributed by atoms with Gasteiger partial charge in [0.15, 0.2) is 0 Å². The largest absolute Gasteiger partial charge is 0.497 e. The van der Waals surface area contributed by atoms with Crippen LogP contribution in [0.5, 0.6) is 5.75 Å². The van der Waals surface area contributed by atoms with Crippen LogP contribution in [-0.2, 0) is 0 Å². The molecule has 2 N–H and O–H groups in total. The summed E-state index contributed by atoms with van der Waals surface area (Å²) in [4.78, 5) is 0. The first-order chi connectivity index (χ1) is 6.56. The standard InChI is InChI=1S/C11H16O3/c1-7(12)10-5-4-9(14-3)6-11(10)8(2)13/h4-8,12-13H,1-3H3. The van der Waals surface area contributed by atoms with E-state index in [0.29, 0.717) is 11.3 Å². The molecule has 2 atom stereocenters. The maximum Gasteiger partial charge on any atom is 0.119 e. The van der Waals surface area contributed by atoms with Crippen molar-refractivity contribution >= 4 is 0 Å². The lowest BCUT2D eigenvalue weighted by Crippen LogP contribution is -2.02. The lowest BCUT2D eigenvalue weighted by atomic mass is 9.99. The number of hydrogen-bond acceptors (Lipinski definition) is 3. The van der Waals surface area contributed by atoms with Gasteiger partial charge in [-0.05, 0) is 37.1 Å². The summed E-state index contributed by atoms with van der Waals surface area (Å²) >= 11 is 0. The van der Waals surface area contributed by atoms with Crippen LogP contribution in [0.1, 0.15) is 37.2 Å². The number of ether oxygens (including phenoxy) is 1. The summed E-state index contributed by atoms with van der Waals surface area (Å²) in [6.45, 7) is 3.34. The van der Waals surface area contributed by atoms with Gasteiger partial charge in [0, 0.05) is 0 Å². The lowest BCUT2D eigenvalue weighted by molar-refractivity contribution is 0.175. The minimum Gasteiger partial charge on any atom is -0.497 e. The fourth-order valence-electron chi connectivity index (χ4n) is 1.42. The van der Waals surface area contributed by atoms with Gasteiger partial charge in [-0.15, -0.1) is 0 Å². The van der Waals surface area contributed by atoms with Crippen LogP contribution in [-0.4, -0.2) is 17.3 Å². The van der Waals surface area contributed by atoms with Gasteiger partial charge < -0.3 is 14.9 Å². The Bertz CT molecular complexity index is 305. The summed E-state index contributed by atoms with van der Waals surface area (Å²) in [6, 6.07) is 5.28. The first-order valence-electron chi connectivity index (χ1n) is 4.60. The molecule has 0 fully saturated rings. The van der Waals surface area contributed by atoms with Gasteiger partial charge in [-0.3, -0.25) is 0 Å². The van der Waals surface area contributed by atoms with Crippen molar-refractivity contribution in [2.24, 2.45) is 0 Å². The van der Waals surface area contributed by atoms with Crippen molar-refractivity contribution < 1.29 is 14.9 Å². The molecule has 0 aliphatic heterocycles. The summed E-state index contributed by atoms with van der Waals surface area (Å²) in [5.41, 5.74) is 1.44. The SMILES string of the molecule is COc1ccc(C(C)O)c(C(C)O)c1. The second-order valence-electron chi connectivity index (χ2n) is 3.35. The molecule has 0 bridgehead atoms. The third-order valence-electron chi connectivity index (χ3n) is 2.19. The van der Waals surface area contributed by atoms with E-state index in [1.807, 2.05) is 0 Å². The van der Waals surface area contributed by atoms with Crippen molar-refractivity contribution in [3.05, 3.63) is 29.3 Å². The fourth-order valence-corrected chi connectivity index (χ4v) is 1.42. The monoisotopic (exact) mass is 196 g/mol. The zero-order valence-corrected chi connectivity index (χ0v) is 8.69. The molecule has 2 unspecified atom stereocenters. The summed E-state index contributed by atoms with van der Waals surface area (Å²) in [6.07, 6.45) is -1.18. The number of benzene rings is 1. The van der Waals surface area contributed by atoms with E-state index in [1.54, 1.807) is 39.2 Å². The third kappa shape index (κ3) is 2.25. The van der Waals surface area contributed by atoms with Gasteiger partial charge in [0.05, 0.1) is 19.3 Å². The molecule has 1 aromatic carbocycles. The molecule has 3 heteroatoms. The normalized spacial score (nSPS) is 14.9. The van der Waals surface area contributed by atoms with Crippen LogP contribution in [0.25, 0.3) is 0 Å². The Morgan fingerprint density at radius 2 is 1.64 bits per heavy atom. The van der Waals surface area contributed by atoms with E-state index in [-0.39, 0.29) is 0 Å². The smallest absolute Gasteiger partial charge is 0.119 e. The Morgan fingerprint density at radius 3 is 2.07 bits per heavy atom. The molecule has 0 aliphatic rings. The van der Waals surface area contributed by atoms with Crippen molar-refractivity contribution in [1.29, 1.82) is 0 Å². The van der Waals surface area contributed by atoms with E-state index in [4.69, 9.17) is 4.74 Å². The van der Waals surface area contributed by atoms with E-state index < -0.39 is 12.2 Å². The number of aliphatic hydroxyl groups is 2. The Balaban J connectivity index is 3.17. The molecule has 0 amide bonds. The molecular formula is C11H16O3. The molecule has 0 aliphatic carbocycles. The summed E-state index contributed by atoms with van der Waals surface area (Å²) < 4.78 is 5.05. The highest BCUT2D eigenvalue weighted by molar-refractivity contribution is 5.37. The number of hydrogen-bond donors (Lipinski definition) is 2. The van der Waals surface area contributed by atoms with E-state index in [0.717, 1.165) is 5.56 Å². The topological polar surface area (TPSA) is 49.7 Å². The van der Waals surface area contributed by atoms with Gasteiger partial charge >= 0.3 is 0 Å². The maximum atomic E-state index is 9.51. The van der Waals surface area contributed by atoms with Crippen molar-refractivity contribution in [2.75, 3.05) is 7.11 Å². The van der Waals surface area contributed by atoms with Crippen LogP contribution in [0.15, 0.2) is 18.2 Å². The second-order valence-corrected chi connectivity index (χ2v) is 3.35. The second kappa shape index (κ2) is 4.44. The van der Waals surface area contributed by atoms with Crippen LogP contribution in [0.2, 0.25) is 0 Å². The van der Waals surface area contributed by atoms with E-state index in [9.17, 15) is 10.2 Å². The molecule has 1 aromatic rings. The Kier molecular flexibility index (Phi) is 3.49. The van der Waals surface area contributed by atoms with Crippen molar-refractivity contribution in [3.63, 3.8) is 0 Å². The Labute approximate surface area is 84.0 Å². The van der Waals surface area contributed by atoms with Crippen molar-refractivity contribution in [3.8, 4) is 5.75 Å². The van der Waals surface area contributed by atoms with Crippen LogP contribution in [0, 0.1) is 0 Å². The molecular weight excluding hydrogens is 180 g/mol. The summed E-state index contributed by atoms with van der Waals surface area (Å²) in [7, 11) is 1.57. The zero-order valence-electron chi connectivity index (χ0n) is 8.69. The van der Waals surface area contributed by atoms with Gasteiger partial charge in [0.1, 0.15) is 5.75 Å². The minimum atomic E-state index is -0.602. The fraction of sp³-hybridized carbons (Fsp3) is 0.455. The van der Waals surface area contributed by atoms with E-state index >= 15 is 0 Å². The Hall–Kier alpha value is -1.06. The van der Waals surface area contributed by atoms with Gasteiger partial charge in [-0.1, -0.05) is 6.07 Å². The van der Waals surface area contributed by atoms with Gasteiger partial charge in [0.25, 0.3) is 0 Å². The van der Waals surface area contributed by atoms with Gasteiger partial charge in [-0.25, -0.2) is 0 Å². The molecule has 14 heavy (non-hydrogen) atoms. The Morgan fingerprint density at radius 1 is 1.07 bits per heavy atom. The number of rotatable bonds is 3.